The molecule has 0 N–H and O–H groups in total. The summed E-state index contributed by atoms with van der Waals surface area (Å²) in [7, 11) is 0. The van der Waals surface area contributed by atoms with Crippen LogP contribution >= 0.6 is 23.2 Å². The molecule has 1 aliphatic rings. The van der Waals surface area contributed by atoms with Gasteiger partial charge < -0.3 is 4.90 Å². The second kappa shape index (κ2) is 6.98. The van der Waals surface area contributed by atoms with Crippen LogP contribution < -0.4 is 5.69 Å². The standard InChI is InChI=1S/C18H15Cl2FN4O2/c19-13-2-1-11(7-14(13)20)15-8-22-16-4-6-24(18(27)25(15)16)10-17(26)23-5-3-12(21)9-23/h1-2,4,6-8,12H,3,5,9-10H2. The van der Waals surface area contributed by atoms with Gasteiger partial charge in [-0.25, -0.2) is 18.6 Å². The maximum atomic E-state index is 13.3. The summed E-state index contributed by atoms with van der Waals surface area (Å²) >= 11 is 12.0. The Bertz CT molecular complexity index is 1090. The fraction of sp³-hybridized carbons (Fsp3) is 0.278. The van der Waals surface area contributed by atoms with Gasteiger partial charge in [0.2, 0.25) is 5.91 Å². The number of likely N-dealkylation sites (tertiary alicyclic amines) is 1. The maximum Gasteiger partial charge on any atom is 0.334 e. The molecular formula is C18H15Cl2FN4O2. The third-order valence-electron chi connectivity index (χ3n) is 4.63. The van der Waals surface area contributed by atoms with Crippen LogP contribution in [0, 0.1) is 0 Å². The summed E-state index contributed by atoms with van der Waals surface area (Å²) in [4.78, 5) is 31.0. The van der Waals surface area contributed by atoms with Crippen molar-refractivity contribution in [1.29, 1.82) is 0 Å². The average Bonchev–Trinajstić information content (AvgIpc) is 3.26. The molecule has 1 aliphatic heterocycles. The largest absolute Gasteiger partial charge is 0.338 e. The number of rotatable bonds is 3. The summed E-state index contributed by atoms with van der Waals surface area (Å²) in [5.41, 5.74) is 1.27. The summed E-state index contributed by atoms with van der Waals surface area (Å²) in [6.45, 7) is 0.298. The highest BCUT2D eigenvalue weighted by Crippen LogP contribution is 2.28. The number of carbonyl (C=O) groups is 1. The number of aromatic nitrogens is 3. The van der Waals surface area contributed by atoms with Gasteiger partial charge in [-0.2, -0.15) is 0 Å². The monoisotopic (exact) mass is 408 g/mol. The molecule has 1 aromatic carbocycles. The highest BCUT2D eigenvalue weighted by atomic mass is 35.5. The van der Waals surface area contributed by atoms with Crippen molar-refractivity contribution in [3.8, 4) is 11.3 Å². The predicted molar refractivity (Wildman–Crippen MR) is 101 cm³/mol. The summed E-state index contributed by atoms with van der Waals surface area (Å²) in [6, 6.07) is 6.69. The minimum absolute atomic E-state index is 0.0788. The SMILES string of the molecule is O=C(Cn1ccc2ncc(-c3ccc(Cl)c(Cl)c3)n2c1=O)N1CCC(F)C1. The highest BCUT2D eigenvalue weighted by molar-refractivity contribution is 6.42. The molecule has 1 saturated heterocycles. The van der Waals surface area contributed by atoms with Crippen LogP contribution in [-0.4, -0.2) is 44.0 Å². The van der Waals surface area contributed by atoms with Gasteiger partial charge in [0.25, 0.3) is 0 Å². The topological polar surface area (TPSA) is 59.6 Å². The van der Waals surface area contributed by atoms with Gasteiger partial charge in [-0.05, 0) is 24.6 Å². The van der Waals surface area contributed by atoms with Crippen LogP contribution in [0.4, 0.5) is 4.39 Å². The Morgan fingerprint density at radius 3 is 2.78 bits per heavy atom. The van der Waals surface area contributed by atoms with E-state index in [2.05, 4.69) is 4.98 Å². The number of halogens is 3. The number of imidazole rings is 1. The van der Waals surface area contributed by atoms with E-state index in [1.807, 2.05) is 0 Å². The van der Waals surface area contributed by atoms with Gasteiger partial charge in [0.15, 0.2) is 0 Å². The van der Waals surface area contributed by atoms with E-state index in [1.165, 1.54) is 20.1 Å². The first kappa shape index (κ1) is 18.0. The molecule has 1 fully saturated rings. The number of hydrogen-bond donors (Lipinski definition) is 0. The first-order chi connectivity index (χ1) is 12.9. The normalized spacial score (nSPS) is 17.0. The third kappa shape index (κ3) is 3.33. The second-order valence-corrected chi connectivity index (χ2v) is 7.23. The molecule has 9 heteroatoms. The molecule has 0 bridgehead atoms. The molecule has 1 unspecified atom stereocenters. The molecule has 1 atom stereocenters. The molecule has 0 radical (unpaired) electrons. The predicted octanol–water partition coefficient (Wildman–Crippen LogP) is 3.04. The van der Waals surface area contributed by atoms with Crippen molar-refractivity contribution >= 4 is 34.8 Å². The van der Waals surface area contributed by atoms with Crippen molar-refractivity contribution in [1.82, 2.24) is 18.9 Å². The smallest absolute Gasteiger partial charge is 0.334 e. The Morgan fingerprint density at radius 1 is 1.26 bits per heavy atom. The lowest BCUT2D eigenvalue weighted by Gasteiger charge is -2.16. The van der Waals surface area contributed by atoms with Crippen molar-refractivity contribution in [2.24, 2.45) is 0 Å². The zero-order chi connectivity index (χ0) is 19.1. The van der Waals surface area contributed by atoms with E-state index < -0.39 is 11.9 Å². The Morgan fingerprint density at radius 2 is 2.07 bits per heavy atom. The summed E-state index contributed by atoms with van der Waals surface area (Å²) in [6.07, 6.45) is 2.42. The van der Waals surface area contributed by atoms with Crippen molar-refractivity contribution in [3.05, 3.63) is 57.2 Å². The van der Waals surface area contributed by atoms with E-state index in [9.17, 15) is 14.0 Å². The molecule has 6 nitrogen and oxygen atoms in total. The van der Waals surface area contributed by atoms with Gasteiger partial charge in [0, 0.05) is 18.3 Å². The Kier molecular flexibility index (Phi) is 4.65. The minimum Gasteiger partial charge on any atom is -0.338 e. The van der Waals surface area contributed by atoms with Gasteiger partial charge in [-0.15, -0.1) is 0 Å². The fourth-order valence-corrected chi connectivity index (χ4v) is 3.50. The Balaban J connectivity index is 1.72. The molecular weight excluding hydrogens is 394 g/mol. The lowest BCUT2D eigenvalue weighted by molar-refractivity contribution is -0.131. The van der Waals surface area contributed by atoms with Crippen LogP contribution in [-0.2, 0) is 11.3 Å². The highest BCUT2D eigenvalue weighted by Gasteiger charge is 2.26. The number of carbonyl (C=O) groups excluding carboxylic acids is 1. The fourth-order valence-electron chi connectivity index (χ4n) is 3.20. The van der Waals surface area contributed by atoms with Gasteiger partial charge in [0.05, 0.1) is 28.5 Å². The van der Waals surface area contributed by atoms with Crippen molar-refractivity contribution < 1.29 is 9.18 Å². The van der Waals surface area contributed by atoms with E-state index in [-0.39, 0.29) is 19.0 Å². The molecule has 0 aliphatic carbocycles. The van der Waals surface area contributed by atoms with Crippen LogP contribution in [0.1, 0.15) is 6.42 Å². The van der Waals surface area contributed by atoms with Gasteiger partial charge in [-0.3, -0.25) is 9.36 Å². The first-order valence-electron chi connectivity index (χ1n) is 8.38. The molecule has 140 valence electrons. The van der Waals surface area contributed by atoms with E-state index in [0.29, 0.717) is 39.9 Å². The molecule has 4 rings (SSSR count). The first-order valence-corrected chi connectivity index (χ1v) is 9.14. The quantitative estimate of drug-likeness (QED) is 0.668. The molecule has 1 amide bonds. The molecule has 2 aromatic heterocycles. The summed E-state index contributed by atoms with van der Waals surface area (Å²) in [5.74, 6) is -0.284. The van der Waals surface area contributed by atoms with Crippen LogP contribution in [0.2, 0.25) is 10.0 Å². The van der Waals surface area contributed by atoms with Crippen LogP contribution in [0.25, 0.3) is 16.9 Å². The van der Waals surface area contributed by atoms with Crippen molar-refractivity contribution in [2.45, 2.75) is 19.1 Å². The van der Waals surface area contributed by atoms with Crippen LogP contribution in [0.15, 0.2) is 41.5 Å². The molecule has 27 heavy (non-hydrogen) atoms. The third-order valence-corrected chi connectivity index (χ3v) is 5.37. The number of hydrogen-bond acceptors (Lipinski definition) is 3. The number of benzene rings is 1. The van der Waals surface area contributed by atoms with E-state index in [4.69, 9.17) is 23.2 Å². The lowest BCUT2D eigenvalue weighted by atomic mass is 10.2. The summed E-state index contributed by atoms with van der Waals surface area (Å²) < 4.78 is 16.0. The molecule has 0 spiro atoms. The van der Waals surface area contributed by atoms with Gasteiger partial charge in [0.1, 0.15) is 18.4 Å². The molecule has 3 heterocycles. The van der Waals surface area contributed by atoms with Crippen LogP contribution in [0.3, 0.4) is 0 Å². The number of nitrogens with zero attached hydrogens (tertiary/aromatic N) is 4. The Labute approximate surface area is 163 Å². The van der Waals surface area contributed by atoms with E-state index in [1.54, 1.807) is 30.5 Å². The van der Waals surface area contributed by atoms with Crippen molar-refractivity contribution in [2.75, 3.05) is 13.1 Å². The Hall–Kier alpha value is -2.38. The molecule has 0 saturated carbocycles. The van der Waals surface area contributed by atoms with Gasteiger partial charge in [-0.1, -0.05) is 29.3 Å². The van der Waals surface area contributed by atoms with Crippen LogP contribution in [0.5, 0.6) is 0 Å². The second-order valence-electron chi connectivity index (χ2n) is 6.42. The number of amides is 1. The lowest BCUT2D eigenvalue weighted by Crippen LogP contribution is -2.36. The molecule has 3 aromatic rings. The van der Waals surface area contributed by atoms with E-state index >= 15 is 0 Å². The minimum atomic E-state index is -0.997. The van der Waals surface area contributed by atoms with Crippen molar-refractivity contribution in [3.63, 3.8) is 0 Å². The maximum absolute atomic E-state index is 13.3. The summed E-state index contributed by atoms with van der Waals surface area (Å²) in [5, 5.41) is 0.777. The zero-order valence-corrected chi connectivity index (χ0v) is 15.6. The van der Waals surface area contributed by atoms with E-state index in [0.717, 1.165) is 0 Å². The number of fused-ring (bicyclic) bond motifs is 1. The number of alkyl halides is 1. The van der Waals surface area contributed by atoms with Gasteiger partial charge >= 0.3 is 5.69 Å². The zero-order valence-electron chi connectivity index (χ0n) is 14.1. The average molecular weight is 409 g/mol.